The van der Waals surface area contributed by atoms with Gasteiger partial charge >= 0.3 is 0 Å². The van der Waals surface area contributed by atoms with Crippen molar-refractivity contribution in [3.8, 4) is 11.4 Å². The standard InChI is InChI=1S/C18H19ClN2/c1-12(2)11-21-17-8-7-15(19)10-16(17)20-18(21)14-6-4-5-13(3)9-14/h4-10,12H,11H2,1-3H3. The zero-order valence-electron chi connectivity index (χ0n) is 12.6. The second kappa shape index (κ2) is 5.53. The Morgan fingerprint density at radius 2 is 1.95 bits per heavy atom. The molecule has 0 atom stereocenters. The Bertz CT molecular complexity index is 787. The predicted octanol–water partition coefficient (Wildman–Crippen LogP) is 5.32. The molecule has 3 heteroatoms. The van der Waals surface area contributed by atoms with Gasteiger partial charge in [-0.3, -0.25) is 0 Å². The van der Waals surface area contributed by atoms with Crippen molar-refractivity contribution in [3.63, 3.8) is 0 Å². The molecule has 2 aromatic carbocycles. The first kappa shape index (κ1) is 14.2. The van der Waals surface area contributed by atoms with Crippen LogP contribution in [0.2, 0.25) is 5.02 Å². The first-order chi connectivity index (χ1) is 10.0. The quantitative estimate of drug-likeness (QED) is 0.640. The summed E-state index contributed by atoms with van der Waals surface area (Å²) >= 11 is 6.11. The van der Waals surface area contributed by atoms with Crippen LogP contribution in [-0.2, 0) is 6.54 Å². The van der Waals surface area contributed by atoms with E-state index in [9.17, 15) is 0 Å². The van der Waals surface area contributed by atoms with Crippen LogP contribution >= 0.6 is 11.6 Å². The molecular weight excluding hydrogens is 280 g/mol. The Morgan fingerprint density at radius 3 is 2.67 bits per heavy atom. The third-order valence-corrected chi connectivity index (χ3v) is 3.77. The van der Waals surface area contributed by atoms with E-state index in [-0.39, 0.29) is 0 Å². The van der Waals surface area contributed by atoms with Crippen LogP contribution in [0.1, 0.15) is 19.4 Å². The first-order valence-electron chi connectivity index (χ1n) is 7.27. The molecule has 0 unspecified atom stereocenters. The number of imidazole rings is 1. The van der Waals surface area contributed by atoms with Gasteiger partial charge in [0, 0.05) is 17.1 Å². The van der Waals surface area contributed by atoms with Crippen LogP contribution in [0.3, 0.4) is 0 Å². The fraction of sp³-hybridized carbons (Fsp3) is 0.278. The molecule has 3 rings (SSSR count). The summed E-state index contributed by atoms with van der Waals surface area (Å²) < 4.78 is 2.30. The second-order valence-electron chi connectivity index (χ2n) is 5.94. The summed E-state index contributed by atoms with van der Waals surface area (Å²) in [6, 6.07) is 14.4. The van der Waals surface area contributed by atoms with E-state index in [2.05, 4.69) is 55.7 Å². The van der Waals surface area contributed by atoms with Gasteiger partial charge in [0.05, 0.1) is 11.0 Å². The van der Waals surface area contributed by atoms with Crippen LogP contribution in [-0.4, -0.2) is 9.55 Å². The average Bonchev–Trinajstić information content (AvgIpc) is 2.76. The number of hydrogen-bond donors (Lipinski definition) is 0. The van der Waals surface area contributed by atoms with Gasteiger partial charge < -0.3 is 4.57 Å². The topological polar surface area (TPSA) is 17.8 Å². The van der Waals surface area contributed by atoms with E-state index in [1.165, 1.54) is 5.56 Å². The molecule has 0 fully saturated rings. The van der Waals surface area contributed by atoms with Gasteiger partial charge in [0.1, 0.15) is 5.82 Å². The van der Waals surface area contributed by atoms with Crippen LogP contribution in [0, 0.1) is 12.8 Å². The van der Waals surface area contributed by atoms with Crippen LogP contribution < -0.4 is 0 Å². The third kappa shape index (κ3) is 2.81. The van der Waals surface area contributed by atoms with Crippen molar-refractivity contribution in [1.82, 2.24) is 9.55 Å². The minimum Gasteiger partial charge on any atom is -0.324 e. The smallest absolute Gasteiger partial charge is 0.141 e. The fourth-order valence-corrected chi connectivity index (χ4v) is 2.82. The Hall–Kier alpha value is -1.80. The maximum atomic E-state index is 6.11. The summed E-state index contributed by atoms with van der Waals surface area (Å²) in [5, 5.41) is 0.729. The largest absolute Gasteiger partial charge is 0.324 e. The molecule has 108 valence electrons. The highest BCUT2D eigenvalue weighted by Crippen LogP contribution is 2.28. The van der Waals surface area contributed by atoms with Crippen molar-refractivity contribution in [2.45, 2.75) is 27.3 Å². The summed E-state index contributed by atoms with van der Waals surface area (Å²) in [5.41, 5.74) is 4.50. The van der Waals surface area contributed by atoms with Gasteiger partial charge in [0.25, 0.3) is 0 Å². The molecule has 0 amide bonds. The van der Waals surface area contributed by atoms with Gasteiger partial charge in [-0.25, -0.2) is 4.98 Å². The van der Waals surface area contributed by atoms with E-state index in [1.54, 1.807) is 0 Å². The van der Waals surface area contributed by atoms with E-state index < -0.39 is 0 Å². The van der Waals surface area contributed by atoms with E-state index in [1.807, 2.05) is 12.1 Å². The molecule has 0 bridgehead atoms. The molecule has 1 heterocycles. The number of halogens is 1. The molecule has 21 heavy (non-hydrogen) atoms. The van der Waals surface area contributed by atoms with E-state index in [4.69, 9.17) is 16.6 Å². The predicted molar refractivity (Wildman–Crippen MR) is 89.8 cm³/mol. The molecule has 0 aliphatic heterocycles. The number of fused-ring (bicyclic) bond motifs is 1. The highest BCUT2D eigenvalue weighted by atomic mass is 35.5. The monoisotopic (exact) mass is 298 g/mol. The Kier molecular flexibility index (Phi) is 3.73. The average molecular weight is 299 g/mol. The number of benzene rings is 2. The Labute approximate surface area is 130 Å². The molecule has 0 saturated heterocycles. The van der Waals surface area contributed by atoms with Gasteiger partial charge in [-0.05, 0) is 37.1 Å². The molecular formula is C18H19ClN2. The van der Waals surface area contributed by atoms with Gasteiger partial charge in [-0.15, -0.1) is 0 Å². The molecule has 0 aliphatic rings. The molecule has 0 saturated carbocycles. The highest BCUT2D eigenvalue weighted by molar-refractivity contribution is 6.31. The zero-order valence-corrected chi connectivity index (χ0v) is 13.4. The number of hydrogen-bond acceptors (Lipinski definition) is 1. The third-order valence-electron chi connectivity index (χ3n) is 3.53. The summed E-state index contributed by atoms with van der Waals surface area (Å²) in [6.07, 6.45) is 0. The Balaban J connectivity index is 2.25. The summed E-state index contributed by atoms with van der Waals surface area (Å²) in [5.74, 6) is 1.58. The van der Waals surface area contributed by atoms with Gasteiger partial charge in [0.15, 0.2) is 0 Å². The molecule has 1 aromatic heterocycles. The van der Waals surface area contributed by atoms with E-state index in [0.717, 1.165) is 34.0 Å². The van der Waals surface area contributed by atoms with Crippen molar-refractivity contribution in [1.29, 1.82) is 0 Å². The second-order valence-corrected chi connectivity index (χ2v) is 6.38. The van der Waals surface area contributed by atoms with Crippen molar-refractivity contribution < 1.29 is 0 Å². The normalized spacial score (nSPS) is 11.5. The summed E-state index contributed by atoms with van der Waals surface area (Å²) in [4.78, 5) is 4.82. The van der Waals surface area contributed by atoms with Crippen molar-refractivity contribution in [2.24, 2.45) is 5.92 Å². The minimum absolute atomic E-state index is 0.557. The molecule has 0 spiro atoms. The van der Waals surface area contributed by atoms with Crippen molar-refractivity contribution in [3.05, 3.63) is 53.1 Å². The van der Waals surface area contributed by atoms with E-state index >= 15 is 0 Å². The minimum atomic E-state index is 0.557. The number of rotatable bonds is 3. The fourth-order valence-electron chi connectivity index (χ4n) is 2.66. The SMILES string of the molecule is Cc1cccc(-c2nc3cc(Cl)ccc3n2CC(C)C)c1. The maximum absolute atomic E-state index is 6.11. The number of aryl methyl sites for hydroxylation is 1. The lowest BCUT2D eigenvalue weighted by Gasteiger charge is -2.12. The van der Waals surface area contributed by atoms with Crippen LogP contribution in [0.15, 0.2) is 42.5 Å². The maximum Gasteiger partial charge on any atom is 0.141 e. The Morgan fingerprint density at radius 1 is 1.14 bits per heavy atom. The van der Waals surface area contributed by atoms with Crippen LogP contribution in [0.4, 0.5) is 0 Å². The van der Waals surface area contributed by atoms with Gasteiger partial charge in [0.2, 0.25) is 0 Å². The van der Waals surface area contributed by atoms with Gasteiger partial charge in [-0.1, -0.05) is 49.2 Å². The number of aromatic nitrogens is 2. The number of nitrogens with zero attached hydrogens (tertiary/aromatic N) is 2. The van der Waals surface area contributed by atoms with Crippen LogP contribution in [0.5, 0.6) is 0 Å². The lowest BCUT2D eigenvalue weighted by Crippen LogP contribution is -2.06. The van der Waals surface area contributed by atoms with E-state index in [0.29, 0.717) is 5.92 Å². The lowest BCUT2D eigenvalue weighted by molar-refractivity contribution is 0.536. The molecule has 2 nitrogen and oxygen atoms in total. The van der Waals surface area contributed by atoms with Gasteiger partial charge in [-0.2, -0.15) is 0 Å². The van der Waals surface area contributed by atoms with Crippen molar-refractivity contribution >= 4 is 22.6 Å². The lowest BCUT2D eigenvalue weighted by atomic mass is 10.1. The molecule has 0 radical (unpaired) electrons. The molecule has 3 aromatic rings. The molecule has 0 aliphatic carbocycles. The van der Waals surface area contributed by atoms with Crippen molar-refractivity contribution in [2.75, 3.05) is 0 Å². The highest BCUT2D eigenvalue weighted by Gasteiger charge is 2.14. The molecule has 0 N–H and O–H groups in total. The summed E-state index contributed by atoms with van der Waals surface area (Å²) in [7, 11) is 0. The first-order valence-corrected chi connectivity index (χ1v) is 7.65. The summed E-state index contributed by atoms with van der Waals surface area (Å²) in [6.45, 7) is 7.50. The van der Waals surface area contributed by atoms with Crippen LogP contribution in [0.25, 0.3) is 22.4 Å². The zero-order chi connectivity index (χ0) is 15.0.